The molecule has 1 aromatic carbocycles. The van der Waals surface area contributed by atoms with Gasteiger partial charge in [-0.15, -0.1) is 0 Å². The number of rotatable bonds is 2. The topological polar surface area (TPSA) is 43.1 Å². The number of imidazole rings is 1. The minimum Gasteiger partial charge on any atom is -0.297 e. The van der Waals surface area contributed by atoms with Gasteiger partial charge in [0.2, 0.25) is 0 Å². The molecule has 0 unspecified atom stereocenters. The molecule has 0 atom stereocenters. The van der Waals surface area contributed by atoms with E-state index in [-0.39, 0.29) is 0 Å². The van der Waals surface area contributed by atoms with Crippen molar-refractivity contribution in [3.63, 3.8) is 0 Å². The summed E-state index contributed by atoms with van der Waals surface area (Å²) in [5, 5.41) is 0. The van der Waals surface area contributed by atoms with Gasteiger partial charge in [-0.3, -0.25) is 4.40 Å². The molecule has 0 saturated carbocycles. The summed E-state index contributed by atoms with van der Waals surface area (Å²) in [6.07, 6.45) is 5.56. The Morgan fingerprint density at radius 1 is 0.680 bits per heavy atom. The number of pyridine rings is 1. The van der Waals surface area contributed by atoms with Gasteiger partial charge in [-0.2, -0.15) is 0 Å². The fourth-order valence-corrected chi connectivity index (χ4v) is 2.61. The van der Waals surface area contributed by atoms with E-state index >= 15 is 0 Å². The summed E-state index contributed by atoms with van der Waals surface area (Å²) in [6.45, 7) is 0. The van der Waals surface area contributed by atoms with Crippen molar-refractivity contribution >= 4 is 5.65 Å². The van der Waals surface area contributed by atoms with Crippen LogP contribution < -0.4 is 0 Å². The van der Waals surface area contributed by atoms with Crippen LogP contribution in [0.2, 0.25) is 0 Å². The van der Waals surface area contributed by atoms with Gasteiger partial charge in [-0.1, -0.05) is 60.7 Å². The summed E-state index contributed by atoms with van der Waals surface area (Å²) < 4.78 is 1.99. The van der Waals surface area contributed by atoms with E-state index in [1.54, 1.807) is 12.4 Å². The lowest BCUT2D eigenvalue weighted by molar-refractivity contribution is 1.11. The third-order valence-corrected chi connectivity index (χ3v) is 3.82. The van der Waals surface area contributed by atoms with Crippen LogP contribution in [0.25, 0.3) is 28.4 Å². The van der Waals surface area contributed by atoms with Crippen molar-refractivity contribution in [2.45, 2.75) is 0 Å². The van der Waals surface area contributed by atoms with Crippen LogP contribution in [0.1, 0.15) is 0 Å². The normalized spacial score (nSPS) is 10.4. The lowest BCUT2D eigenvalue weighted by Crippen LogP contribution is -1.94. The molecule has 0 radical (unpaired) electrons. The van der Waals surface area contributed by atoms with Gasteiger partial charge in [0.1, 0.15) is 11.3 Å². The summed E-state index contributed by atoms with van der Waals surface area (Å²) in [7, 11) is 0. The molecule has 120 valence electrons. The average Bonchev–Trinajstić information content (AvgIpc) is 3.10. The highest BCUT2D eigenvalue weighted by atomic mass is 15.0. The fourth-order valence-electron chi connectivity index (χ4n) is 2.61. The van der Waals surface area contributed by atoms with E-state index in [9.17, 15) is 0 Å². The second-order valence-corrected chi connectivity index (χ2v) is 5.47. The molecule has 0 aliphatic rings. The third kappa shape index (κ3) is 3.23. The zero-order chi connectivity index (χ0) is 16.9. The predicted octanol–water partition coefficient (Wildman–Crippen LogP) is 4.58. The highest BCUT2D eigenvalue weighted by molar-refractivity contribution is 5.63. The smallest absolute Gasteiger partial charge is 0.178 e. The van der Waals surface area contributed by atoms with Crippen LogP contribution in [0.4, 0.5) is 0 Å². The number of fused-ring (bicyclic) bond motifs is 1. The molecule has 0 aliphatic heterocycles. The maximum absolute atomic E-state index is 4.75. The number of hydrogen-bond acceptors (Lipinski definition) is 3. The molecule has 4 rings (SSSR count). The molecule has 3 heterocycles. The molecule has 25 heavy (non-hydrogen) atoms. The van der Waals surface area contributed by atoms with Crippen molar-refractivity contribution < 1.29 is 0 Å². The van der Waals surface area contributed by atoms with Crippen LogP contribution in [-0.4, -0.2) is 19.4 Å². The number of aromatic nitrogens is 4. The standard InChI is InChI=1S/C21H16N4/c1-2-4-6-10-17(11-7-5-3-1)18-13-14-22-21(24-18)19-16-23-20-12-8-9-15-25(19)20/h1-16H. The molecule has 0 spiro atoms. The second kappa shape index (κ2) is 6.93. The SMILES string of the molecule is c1ccccc(-c2ccnc(-c3cnc4ccccn34)n2)cccc1. The Bertz CT molecular complexity index is 1040. The average molecular weight is 324 g/mol. The Morgan fingerprint density at radius 2 is 1.40 bits per heavy atom. The molecule has 4 heteroatoms. The van der Waals surface area contributed by atoms with Gasteiger partial charge in [-0.05, 0) is 18.2 Å². The summed E-state index contributed by atoms with van der Waals surface area (Å²) in [5.74, 6) is 0.655. The van der Waals surface area contributed by atoms with Crippen LogP contribution in [0.5, 0.6) is 0 Å². The first-order chi connectivity index (χ1) is 12.4. The quantitative estimate of drug-likeness (QED) is 0.542. The zero-order valence-corrected chi connectivity index (χ0v) is 13.5. The van der Waals surface area contributed by atoms with Crippen molar-refractivity contribution in [3.8, 4) is 22.8 Å². The number of hydrogen-bond donors (Lipinski definition) is 0. The predicted molar refractivity (Wildman–Crippen MR) is 99.3 cm³/mol. The lowest BCUT2D eigenvalue weighted by atomic mass is 10.2. The minimum atomic E-state index is 0.655. The van der Waals surface area contributed by atoms with E-state index in [0.29, 0.717) is 5.82 Å². The van der Waals surface area contributed by atoms with Crippen LogP contribution in [0, 0.1) is 0 Å². The highest BCUT2D eigenvalue weighted by Gasteiger charge is 2.09. The first kappa shape index (κ1) is 15.0. The van der Waals surface area contributed by atoms with Crippen molar-refractivity contribution in [1.29, 1.82) is 0 Å². The van der Waals surface area contributed by atoms with E-state index in [2.05, 4.69) is 9.97 Å². The molecule has 0 amide bonds. The van der Waals surface area contributed by atoms with Gasteiger partial charge in [-0.25, -0.2) is 15.0 Å². The van der Waals surface area contributed by atoms with Gasteiger partial charge in [0.15, 0.2) is 5.82 Å². The van der Waals surface area contributed by atoms with Gasteiger partial charge in [0.05, 0.1) is 11.9 Å². The molecule has 0 bridgehead atoms. The van der Waals surface area contributed by atoms with Gasteiger partial charge in [0.25, 0.3) is 0 Å². The van der Waals surface area contributed by atoms with Crippen molar-refractivity contribution in [3.05, 3.63) is 97.5 Å². The van der Waals surface area contributed by atoms with Crippen LogP contribution in [0.3, 0.4) is 0 Å². The maximum atomic E-state index is 4.75. The highest BCUT2D eigenvalue weighted by Crippen LogP contribution is 2.20. The largest absolute Gasteiger partial charge is 0.297 e. The van der Waals surface area contributed by atoms with Crippen molar-refractivity contribution in [1.82, 2.24) is 19.4 Å². The first-order valence-corrected chi connectivity index (χ1v) is 8.06. The molecule has 3 aromatic heterocycles. The van der Waals surface area contributed by atoms with E-state index in [0.717, 1.165) is 22.6 Å². The zero-order valence-electron chi connectivity index (χ0n) is 13.5. The van der Waals surface area contributed by atoms with Crippen LogP contribution >= 0.6 is 0 Å². The molecule has 0 aliphatic carbocycles. The Hall–Kier alpha value is -3.53. The summed E-state index contributed by atoms with van der Waals surface area (Å²) >= 11 is 0. The van der Waals surface area contributed by atoms with E-state index in [4.69, 9.17) is 4.98 Å². The molecule has 4 nitrogen and oxygen atoms in total. The summed E-state index contributed by atoms with van der Waals surface area (Å²) in [4.78, 5) is 13.6. The summed E-state index contributed by atoms with van der Waals surface area (Å²) in [6, 6.07) is 25.9. The van der Waals surface area contributed by atoms with E-state index in [1.807, 2.05) is 89.5 Å². The molecular weight excluding hydrogens is 308 g/mol. The second-order valence-electron chi connectivity index (χ2n) is 5.47. The minimum absolute atomic E-state index is 0.655. The van der Waals surface area contributed by atoms with E-state index < -0.39 is 0 Å². The molecule has 0 N–H and O–H groups in total. The Morgan fingerprint density at radius 3 is 2.20 bits per heavy atom. The van der Waals surface area contributed by atoms with Crippen LogP contribution in [-0.2, 0) is 0 Å². The van der Waals surface area contributed by atoms with Crippen LogP contribution in [0.15, 0.2) is 97.5 Å². The van der Waals surface area contributed by atoms with Crippen molar-refractivity contribution in [2.24, 2.45) is 0 Å². The van der Waals surface area contributed by atoms with Gasteiger partial charge >= 0.3 is 0 Å². The Kier molecular flexibility index (Phi) is 4.16. The molecule has 4 aromatic rings. The third-order valence-electron chi connectivity index (χ3n) is 3.82. The number of nitrogens with zero attached hydrogens (tertiary/aromatic N) is 4. The lowest BCUT2D eigenvalue weighted by Gasteiger charge is -2.03. The van der Waals surface area contributed by atoms with Gasteiger partial charge < -0.3 is 0 Å². The monoisotopic (exact) mass is 324 g/mol. The first-order valence-electron chi connectivity index (χ1n) is 8.06. The Labute approximate surface area is 145 Å². The van der Waals surface area contributed by atoms with E-state index in [1.165, 1.54) is 0 Å². The molecular formula is C21H16N4. The van der Waals surface area contributed by atoms with Gasteiger partial charge in [0, 0.05) is 18.0 Å². The Balaban J connectivity index is 1.83. The fraction of sp³-hybridized carbons (Fsp3) is 0. The summed E-state index contributed by atoms with van der Waals surface area (Å²) in [5.41, 5.74) is 3.65. The van der Waals surface area contributed by atoms with Crippen molar-refractivity contribution in [2.75, 3.05) is 0 Å². The molecule has 0 fully saturated rings. The maximum Gasteiger partial charge on any atom is 0.178 e. The molecule has 0 saturated heterocycles.